The molecule has 1 unspecified atom stereocenters. The molecule has 0 saturated heterocycles. The SMILES string of the molecule is O=S(=O)(NC(c1cccc(C(F)(F)F)c1)c1ncn[nH]1)c1ccc2c(c1)OCCO2. The zero-order chi connectivity index (χ0) is 21.4. The van der Waals surface area contributed by atoms with Crippen molar-refractivity contribution in [2.24, 2.45) is 0 Å². The minimum atomic E-state index is -4.59. The Kier molecular flexibility index (Phi) is 5.12. The van der Waals surface area contributed by atoms with Gasteiger partial charge in [-0.3, -0.25) is 5.10 Å². The molecule has 4 rings (SSSR count). The predicted octanol–water partition coefficient (Wildman–Crippen LogP) is 2.66. The average molecular weight is 440 g/mol. The van der Waals surface area contributed by atoms with Gasteiger partial charge in [-0.15, -0.1) is 0 Å². The third-order valence-corrected chi connectivity index (χ3v) is 5.77. The first-order valence-corrected chi connectivity index (χ1v) is 10.2. The van der Waals surface area contributed by atoms with Crippen molar-refractivity contribution < 1.29 is 31.1 Å². The highest BCUT2D eigenvalue weighted by Gasteiger charge is 2.32. The molecular formula is C18H15F3N4O4S. The molecule has 30 heavy (non-hydrogen) atoms. The molecule has 0 fully saturated rings. The Balaban J connectivity index is 1.71. The zero-order valence-corrected chi connectivity index (χ0v) is 16.0. The Morgan fingerprint density at radius 2 is 1.83 bits per heavy atom. The normalized spacial score (nSPS) is 15.0. The smallest absolute Gasteiger partial charge is 0.416 e. The van der Waals surface area contributed by atoms with Crippen LogP contribution in [0.4, 0.5) is 13.2 Å². The number of alkyl halides is 3. The first-order valence-electron chi connectivity index (χ1n) is 8.68. The number of sulfonamides is 1. The largest absolute Gasteiger partial charge is 0.486 e. The van der Waals surface area contributed by atoms with Gasteiger partial charge in [0.15, 0.2) is 11.5 Å². The number of aromatic nitrogens is 3. The summed E-state index contributed by atoms with van der Waals surface area (Å²) < 4.78 is 78.6. The molecule has 0 radical (unpaired) electrons. The predicted molar refractivity (Wildman–Crippen MR) is 97.4 cm³/mol. The maximum Gasteiger partial charge on any atom is 0.416 e. The molecule has 1 aromatic heterocycles. The van der Waals surface area contributed by atoms with Crippen molar-refractivity contribution in [1.29, 1.82) is 0 Å². The van der Waals surface area contributed by atoms with E-state index in [0.717, 1.165) is 18.5 Å². The summed E-state index contributed by atoms with van der Waals surface area (Å²) in [5.41, 5.74) is -0.870. The van der Waals surface area contributed by atoms with Crippen molar-refractivity contribution >= 4 is 10.0 Å². The Labute approximate surface area is 169 Å². The summed E-state index contributed by atoms with van der Waals surface area (Å²) in [7, 11) is -4.17. The summed E-state index contributed by atoms with van der Waals surface area (Å²) in [6.07, 6.45) is -3.45. The molecule has 0 saturated carbocycles. The van der Waals surface area contributed by atoms with Crippen LogP contribution in [0.15, 0.2) is 53.7 Å². The second kappa shape index (κ2) is 7.61. The summed E-state index contributed by atoms with van der Waals surface area (Å²) in [5, 5.41) is 6.17. The van der Waals surface area contributed by atoms with Crippen molar-refractivity contribution in [2.75, 3.05) is 13.2 Å². The fourth-order valence-corrected chi connectivity index (χ4v) is 4.15. The van der Waals surface area contributed by atoms with Gasteiger partial charge in [-0.1, -0.05) is 12.1 Å². The maximum absolute atomic E-state index is 13.1. The van der Waals surface area contributed by atoms with E-state index < -0.39 is 27.8 Å². The Morgan fingerprint density at radius 1 is 1.07 bits per heavy atom. The number of H-pyrrole nitrogens is 1. The van der Waals surface area contributed by atoms with Gasteiger partial charge in [-0.25, -0.2) is 13.4 Å². The minimum Gasteiger partial charge on any atom is -0.486 e. The first-order chi connectivity index (χ1) is 14.2. The van der Waals surface area contributed by atoms with Crippen LogP contribution in [0.5, 0.6) is 11.5 Å². The summed E-state index contributed by atoms with van der Waals surface area (Å²) in [5.74, 6) is 0.708. The van der Waals surface area contributed by atoms with Crippen LogP contribution in [0.3, 0.4) is 0 Å². The molecule has 2 aromatic carbocycles. The van der Waals surface area contributed by atoms with E-state index in [9.17, 15) is 21.6 Å². The number of ether oxygens (including phenoxy) is 2. The number of fused-ring (bicyclic) bond motifs is 1. The summed E-state index contributed by atoms with van der Waals surface area (Å²) in [4.78, 5) is 3.78. The van der Waals surface area contributed by atoms with Crippen LogP contribution >= 0.6 is 0 Å². The highest BCUT2D eigenvalue weighted by molar-refractivity contribution is 7.89. The molecule has 8 nitrogen and oxygen atoms in total. The topological polar surface area (TPSA) is 106 Å². The number of hydrogen-bond donors (Lipinski definition) is 2. The highest BCUT2D eigenvalue weighted by atomic mass is 32.2. The standard InChI is InChI=1S/C18H15F3N4O4S/c19-18(20,21)12-3-1-2-11(8-12)16(17-22-10-23-24-17)25-30(26,27)13-4-5-14-15(9-13)29-7-6-28-14/h1-5,8-10,16,25H,6-7H2,(H,22,23,24). The number of nitrogens with zero attached hydrogens (tertiary/aromatic N) is 2. The van der Waals surface area contributed by atoms with Gasteiger partial charge < -0.3 is 9.47 Å². The number of benzene rings is 2. The van der Waals surface area contributed by atoms with Gasteiger partial charge in [-0.2, -0.15) is 23.0 Å². The Hall–Kier alpha value is -3.12. The van der Waals surface area contributed by atoms with Gasteiger partial charge in [0.25, 0.3) is 0 Å². The van der Waals surface area contributed by atoms with Crippen LogP contribution < -0.4 is 14.2 Å². The van der Waals surface area contributed by atoms with Crippen LogP contribution in [0.2, 0.25) is 0 Å². The van der Waals surface area contributed by atoms with E-state index in [0.29, 0.717) is 12.4 Å². The van der Waals surface area contributed by atoms with Crippen LogP contribution in [0, 0.1) is 0 Å². The van der Waals surface area contributed by atoms with E-state index in [1.807, 2.05) is 0 Å². The molecule has 12 heteroatoms. The van der Waals surface area contributed by atoms with Crippen molar-refractivity contribution in [3.8, 4) is 11.5 Å². The van der Waals surface area contributed by atoms with E-state index in [1.165, 1.54) is 30.3 Å². The van der Waals surface area contributed by atoms with Gasteiger partial charge in [0.2, 0.25) is 10.0 Å². The zero-order valence-electron chi connectivity index (χ0n) is 15.2. The van der Waals surface area contributed by atoms with E-state index in [2.05, 4.69) is 19.9 Å². The Bertz CT molecular complexity index is 1150. The quantitative estimate of drug-likeness (QED) is 0.632. The van der Waals surface area contributed by atoms with Crippen molar-refractivity contribution in [2.45, 2.75) is 17.1 Å². The van der Waals surface area contributed by atoms with E-state index in [1.54, 1.807) is 0 Å². The lowest BCUT2D eigenvalue weighted by Crippen LogP contribution is -2.30. The van der Waals surface area contributed by atoms with Crippen molar-refractivity contribution in [3.63, 3.8) is 0 Å². The lowest BCUT2D eigenvalue weighted by Gasteiger charge is -2.21. The molecule has 2 heterocycles. The molecule has 0 spiro atoms. The van der Waals surface area contributed by atoms with Crippen LogP contribution in [0.1, 0.15) is 23.0 Å². The molecule has 1 aliphatic heterocycles. The van der Waals surface area contributed by atoms with Crippen molar-refractivity contribution in [1.82, 2.24) is 19.9 Å². The molecule has 0 bridgehead atoms. The van der Waals surface area contributed by atoms with Crippen LogP contribution in [-0.4, -0.2) is 36.8 Å². The van der Waals surface area contributed by atoms with Crippen LogP contribution in [-0.2, 0) is 16.2 Å². The molecule has 2 N–H and O–H groups in total. The van der Waals surface area contributed by atoms with Gasteiger partial charge in [0.05, 0.1) is 10.5 Å². The minimum absolute atomic E-state index is 0.0374. The molecule has 1 atom stereocenters. The lowest BCUT2D eigenvalue weighted by molar-refractivity contribution is -0.137. The fraction of sp³-hybridized carbons (Fsp3) is 0.222. The van der Waals surface area contributed by atoms with Gasteiger partial charge in [0.1, 0.15) is 31.4 Å². The first kappa shape index (κ1) is 20.2. The number of nitrogens with one attached hydrogen (secondary N) is 2. The second-order valence-corrected chi connectivity index (χ2v) is 8.07. The summed E-state index contributed by atoms with van der Waals surface area (Å²) in [6, 6.07) is 7.16. The third-order valence-electron chi connectivity index (χ3n) is 4.35. The lowest BCUT2D eigenvalue weighted by atomic mass is 10.0. The van der Waals surface area contributed by atoms with Crippen molar-refractivity contribution in [3.05, 3.63) is 65.7 Å². The monoisotopic (exact) mass is 440 g/mol. The summed E-state index contributed by atoms with van der Waals surface area (Å²) in [6.45, 7) is 0.620. The second-order valence-electron chi connectivity index (χ2n) is 6.35. The van der Waals surface area contributed by atoms with Gasteiger partial charge in [0, 0.05) is 6.07 Å². The molecular weight excluding hydrogens is 425 g/mol. The molecule has 3 aromatic rings. The number of hydrogen-bond acceptors (Lipinski definition) is 6. The highest BCUT2D eigenvalue weighted by Crippen LogP contribution is 2.34. The number of halogens is 3. The Morgan fingerprint density at radius 3 is 2.53 bits per heavy atom. The number of rotatable bonds is 5. The maximum atomic E-state index is 13.1. The average Bonchev–Trinajstić information content (AvgIpc) is 3.26. The molecule has 0 amide bonds. The van der Waals surface area contributed by atoms with Gasteiger partial charge in [-0.05, 0) is 29.8 Å². The number of aromatic amines is 1. The molecule has 0 aliphatic carbocycles. The van der Waals surface area contributed by atoms with E-state index in [4.69, 9.17) is 9.47 Å². The van der Waals surface area contributed by atoms with E-state index >= 15 is 0 Å². The van der Waals surface area contributed by atoms with Gasteiger partial charge >= 0.3 is 6.18 Å². The molecule has 158 valence electrons. The van der Waals surface area contributed by atoms with E-state index in [-0.39, 0.29) is 28.6 Å². The fourth-order valence-electron chi connectivity index (χ4n) is 2.94. The third kappa shape index (κ3) is 4.09. The summed E-state index contributed by atoms with van der Waals surface area (Å²) >= 11 is 0. The van der Waals surface area contributed by atoms with Crippen LogP contribution in [0.25, 0.3) is 0 Å². The molecule has 1 aliphatic rings.